The van der Waals surface area contributed by atoms with Crippen molar-refractivity contribution in [1.29, 1.82) is 0 Å². The third kappa shape index (κ3) is 6.04. The molecule has 1 unspecified atom stereocenters. The van der Waals surface area contributed by atoms with Gasteiger partial charge >= 0.3 is 5.97 Å². The van der Waals surface area contributed by atoms with Crippen molar-refractivity contribution in [3.63, 3.8) is 0 Å². The molecule has 0 saturated carbocycles. The summed E-state index contributed by atoms with van der Waals surface area (Å²) in [7, 11) is 1.33. The lowest BCUT2D eigenvalue weighted by atomic mass is 10.1. The van der Waals surface area contributed by atoms with Crippen molar-refractivity contribution in [2.24, 2.45) is 5.73 Å². The number of benzene rings is 1. The molecule has 0 radical (unpaired) electrons. The lowest BCUT2D eigenvalue weighted by Gasteiger charge is -2.10. The second-order valence-corrected chi connectivity index (χ2v) is 4.44. The van der Waals surface area contributed by atoms with Crippen LogP contribution in [0.25, 0.3) is 0 Å². The zero-order valence-electron chi connectivity index (χ0n) is 12.1. The van der Waals surface area contributed by atoms with Gasteiger partial charge in [0.15, 0.2) is 0 Å². The summed E-state index contributed by atoms with van der Waals surface area (Å²) >= 11 is 0. The van der Waals surface area contributed by atoms with Crippen LogP contribution in [-0.4, -0.2) is 38.9 Å². The summed E-state index contributed by atoms with van der Waals surface area (Å²) in [5.74, 6) is 0.374. The molecule has 1 atom stereocenters. The van der Waals surface area contributed by atoms with E-state index in [2.05, 4.69) is 11.7 Å². The van der Waals surface area contributed by atoms with Crippen molar-refractivity contribution < 1.29 is 19.0 Å². The Kier molecular flexibility index (Phi) is 7.69. The van der Waals surface area contributed by atoms with Gasteiger partial charge in [0.05, 0.1) is 13.7 Å². The number of ether oxygens (including phenoxy) is 3. The summed E-state index contributed by atoms with van der Waals surface area (Å²) in [6.45, 7) is 3.94. The van der Waals surface area contributed by atoms with Crippen LogP contribution >= 0.6 is 0 Å². The van der Waals surface area contributed by atoms with E-state index in [1.807, 2.05) is 24.3 Å². The van der Waals surface area contributed by atoms with Crippen LogP contribution in [0.4, 0.5) is 0 Å². The number of esters is 1. The summed E-state index contributed by atoms with van der Waals surface area (Å²) in [5, 5.41) is 0. The lowest BCUT2D eigenvalue weighted by Crippen LogP contribution is -2.33. The van der Waals surface area contributed by atoms with Crippen molar-refractivity contribution in [2.75, 3.05) is 26.9 Å². The third-order valence-corrected chi connectivity index (χ3v) is 2.73. The molecule has 20 heavy (non-hydrogen) atoms. The van der Waals surface area contributed by atoms with E-state index in [4.69, 9.17) is 15.2 Å². The zero-order chi connectivity index (χ0) is 14.8. The maximum atomic E-state index is 11.2. The first-order chi connectivity index (χ1) is 9.67. The van der Waals surface area contributed by atoms with Crippen LogP contribution in [0.2, 0.25) is 0 Å². The molecule has 0 aliphatic heterocycles. The topological polar surface area (TPSA) is 70.8 Å². The molecule has 1 aromatic carbocycles. The third-order valence-electron chi connectivity index (χ3n) is 2.73. The summed E-state index contributed by atoms with van der Waals surface area (Å²) < 4.78 is 15.5. The van der Waals surface area contributed by atoms with E-state index in [-0.39, 0.29) is 0 Å². The summed E-state index contributed by atoms with van der Waals surface area (Å²) in [4.78, 5) is 11.2. The summed E-state index contributed by atoms with van der Waals surface area (Å²) in [5.41, 5.74) is 6.67. The average Bonchev–Trinajstić information content (AvgIpc) is 2.47. The highest BCUT2D eigenvalue weighted by atomic mass is 16.5. The average molecular weight is 281 g/mol. The Morgan fingerprint density at radius 3 is 2.50 bits per heavy atom. The highest BCUT2D eigenvalue weighted by Crippen LogP contribution is 2.13. The molecule has 0 aliphatic carbocycles. The van der Waals surface area contributed by atoms with E-state index in [1.54, 1.807) is 0 Å². The molecule has 112 valence electrons. The van der Waals surface area contributed by atoms with E-state index in [0.29, 0.717) is 19.6 Å². The fourth-order valence-electron chi connectivity index (χ4n) is 1.68. The molecule has 5 nitrogen and oxygen atoms in total. The van der Waals surface area contributed by atoms with E-state index < -0.39 is 12.0 Å². The Hall–Kier alpha value is -1.59. The van der Waals surface area contributed by atoms with Gasteiger partial charge in [-0.1, -0.05) is 19.1 Å². The van der Waals surface area contributed by atoms with Crippen LogP contribution in [0, 0.1) is 0 Å². The van der Waals surface area contributed by atoms with Gasteiger partial charge in [-0.3, -0.25) is 4.79 Å². The maximum absolute atomic E-state index is 11.2. The fourth-order valence-corrected chi connectivity index (χ4v) is 1.68. The van der Waals surface area contributed by atoms with Gasteiger partial charge in [-0.05, 0) is 30.5 Å². The number of rotatable bonds is 9. The van der Waals surface area contributed by atoms with Crippen LogP contribution in [-0.2, 0) is 20.7 Å². The number of hydrogen-bond acceptors (Lipinski definition) is 5. The van der Waals surface area contributed by atoms with Gasteiger partial charge in [0.2, 0.25) is 0 Å². The Morgan fingerprint density at radius 2 is 1.90 bits per heavy atom. The Bertz CT molecular complexity index is 391. The monoisotopic (exact) mass is 281 g/mol. The first-order valence-electron chi connectivity index (χ1n) is 6.80. The molecule has 5 heteroatoms. The molecule has 0 saturated heterocycles. The molecule has 0 fully saturated rings. The van der Waals surface area contributed by atoms with Gasteiger partial charge in [-0.2, -0.15) is 0 Å². The number of carbonyl (C=O) groups is 1. The molecule has 1 aromatic rings. The second kappa shape index (κ2) is 9.34. The van der Waals surface area contributed by atoms with Crippen molar-refractivity contribution in [2.45, 2.75) is 25.8 Å². The number of hydrogen-bond donors (Lipinski definition) is 1. The molecule has 0 spiro atoms. The Labute approximate surface area is 120 Å². The molecule has 2 N–H and O–H groups in total. The Morgan fingerprint density at radius 1 is 1.20 bits per heavy atom. The van der Waals surface area contributed by atoms with Gasteiger partial charge in [0.25, 0.3) is 0 Å². The summed E-state index contributed by atoms with van der Waals surface area (Å²) in [6, 6.07) is 6.88. The predicted octanol–water partition coefficient (Wildman–Crippen LogP) is 1.53. The standard InChI is InChI=1S/C15H23NO4/c1-3-8-19-9-10-20-13-6-4-12(5-7-13)11-14(16)15(17)18-2/h4-7,14H,3,8-11,16H2,1-2H3. The Balaban J connectivity index is 2.34. The van der Waals surface area contributed by atoms with Crippen LogP contribution in [0.1, 0.15) is 18.9 Å². The van der Waals surface area contributed by atoms with Crippen LogP contribution in [0.3, 0.4) is 0 Å². The van der Waals surface area contributed by atoms with Crippen molar-refractivity contribution in [3.05, 3.63) is 29.8 Å². The van der Waals surface area contributed by atoms with Gasteiger partial charge in [0.1, 0.15) is 18.4 Å². The molecular formula is C15H23NO4. The minimum absolute atomic E-state index is 0.404. The van der Waals surface area contributed by atoms with Crippen molar-refractivity contribution >= 4 is 5.97 Å². The number of methoxy groups -OCH3 is 1. The lowest BCUT2D eigenvalue weighted by molar-refractivity contribution is -0.142. The molecule has 0 aromatic heterocycles. The minimum Gasteiger partial charge on any atom is -0.491 e. The highest BCUT2D eigenvalue weighted by Gasteiger charge is 2.13. The maximum Gasteiger partial charge on any atom is 0.322 e. The van der Waals surface area contributed by atoms with Crippen LogP contribution in [0.5, 0.6) is 5.75 Å². The van der Waals surface area contributed by atoms with Gasteiger partial charge in [-0.15, -0.1) is 0 Å². The fraction of sp³-hybridized carbons (Fsp3) is 0.533. The second-order valence-electron chi connectivity index (χ2n) is 4.44. The molecule has 1 rings (SSSR count). The quantitative estimate of drug-likeness (QED) is 0.549. The van der Waals surface area contributed by atoms with Crippen LogP contribution < -0.4 is 10.5 Å². The van der Waals surface area contributed by atoms with Gasteiger partial charge in [-0.25, -0.2) is 0 Å². The molecule has 0 amide bonds. The summed E-state index contributed by atoms with van der Waals surface area (Å²) in [6.07, 6.45) is 1.46. The van der Waals surface area contributed by atoms with Gasteiger partial charge in [0, 0.05) is 6.61 Å². The normalized spacial score (nSPS) is 11.9. The zero-order valence-corrected chi connectivity index (χ0v) is 12.1. The van der Waals surface area contributed by atoms with E-state index in [9.17, 15) is 4.79 Å². The van der Waals surface area contributed by atoms with E-state index in [1.165, 1.54) is 7.11 Å². The first-order valence-corrected chi connectivity index (χ1v) is 6.80. The van der Waals surface area contributed by atoms with E-state index >= 15 is 0 Å². The molecular weight excluding hydrogens is 258 g/mol. The van der Waals surface area contributed by atoms with Crippen molar-refractivity contribution in [3.8, 4) is 5.75 Å². The number of nitrogens with two attached hydrogens (primary N) is 1. The predicted molar refractivity (Wildman–Crippen MR) is 76.7 cm³/mol. The van der Waals surface area contributed by atoms with Gasteiger partial charge < -0.3 is 19.9 Å². The number of carbonyl (C=O) groups excluding carboxylic acids is 1. The van der Waals surface area contributed by atoms with E-state index in [0.717, 1.165) is 24.3 Å². The molecule has 0 bridgehead atoms. The first kappa shape index (κ1) is 16.5. The largest absolute Gasteiger partial charge is 0.491 e. The molecule has 0 aliphatic rings. The minimum atomic E-state index is -0.630. The van der Waals surface area contributed by atoms with Crippen molar-refractivity contribution in [1.82, 2.24) is 0 Å². The molecule has 0 heterocycles. The smallest absolute Gasteiger partial charge is 0.322 e. The SMILES string of the molecule is CCCOCCOc1ccc(CC(N)C(=O)OC)cc1. The highest BCUT2D eigenvalue weighted by molar-refractivity contribution is 5.75. The van der Waals surface area contributed by atoms with Crippen LogP contribution in [0.15, 0.2) is 24.3 Å².